The Labute approximate surface area is 114 Å². The molecular formula is C17H20FN. The fourth-order valence-corrected chi connectivity index (χ4v) is 2.39. The van der Waals surface area contributed by atoms with Crippen molar-refractivity contribution in [1.29, 1.82) is 0 Å². The molecule has 0 spiro atoms. The maximum atomic E-state index is 12.9. The van der Waals surface area contributed by atoms with Crippen LogP contribution in [0.25, 0.3) is 0 Å². The zero-order valence-corrected chi connectivity index (χ0v) is 11.7. The number of aryl methyl sites for hydroxylation is 1. The number of hydrogen-bond acceptors (Lipinski definition) is 1. The molecule has 0 aliphatic carbocycles. The van der Waals surface area contributed by atoms with E-state index in [1.807, 2.05) is 12.1 Å². The zero-order valence-electron chi connectivity index (χ0n) is 11.7. The Kier molecular flexibility index (Phi) is 4.33. The SMILES string of the molecule is Cc1ccccc1[C@@H](C)NC(C)c1ccc(F)cc1. The largest absolute Gasteiger partial charge is 0.304 e. The predicted molar refractivity (Wildman–Crippen MR) is 77.5 cm³/mol. The zero-order chi connectivity index (χ0) is 13.8. The molecule has 0 fully saturated rings. The molecular weight excluding hydrogens is 237 g/mol. The van der Waals surface area contributed by atoms with Crippen LogP contribution in [0.15, 0.2) is 48.5 Å². The van der Waals surface area contributed by atoms with Gasteiger partial charge in [-0.05, 0) is 49.6 Å². The van der Waals surface area contributed by atoms with Crippen molar-refractivity contribution >= 4 is 0 Å². The van der Waals surface area contributed by atoms with Gasteiger partial charge in [0, 0.05) is 12.1 Å². The second-order valence-electron chi connectivity index (χ2n) is 5.02. The molecule has 0 heterocycles. The van der Waals surface area contributed by atoms with Gasteiger partial charge in [-0.15, -0.1) is 0 Å². The number of nitrogens with one attached hydrogen (secondary N) is 1. The minimum atomic E-state index is -0.192. The van der Waals surface area contributed by atoms with Gasteiger partial charge in [0.2, 0.25) is 0 Å². The Bertz CT molecular complexity index is 533. The first-order valence-electron chi connectivity index (χ1n) is 6.65. The fourth-order valence-electron chi connectivity index (χ4n) is 2.39. The van der Waals surface area contributed by atoms with Crippen molar-refractivity contribution in [2.75, 3.05) is 0 Å². The molecule has 2 heteroatoms. The van der Waals surface area contributed by atoms with Crippen LogP contribution in [0.2, 0.25) is 0 Å². The van der Waals surface area contributed by atoms with E-state index in [0.717, 1.165) is 5.56 Å². The van der Waals surface area contributed by atoms with Gasteiger partial charge in [-0.1, -0.05) is 36.4 Å². The van der Waals surface area contributed by atoms with Crippen molar-refractivity contribution in [3.05, 3.63) is 71.0 Å². The highest BCUT2D eigenvalue weighted by atomic mass is 19.1. The monoisotopic (exact) mass is 257 g/mol. The summed E-state index contributed by atoms with van der Waals surface area (Å²) in [5.74, 6) is -0.192. The van der Waals surface area contributed by atoms with E-state index in [4.69, 9.17) is 0 Å². The molecule has 0 aromatic heterocycles. The molecule has 2 aromatic carbocycles. The number of halogens is 1. The third-order valence-electron chi connectivity index (χ3n) is 3.52. The quantitative estimate of drug-likeness (QED) is 0.847. The minimum Gasteiger partial charge on any atom is -0.304 e. The molecule has 1 nitrogen and oxygen atoms in total. The minimum absolute atomic E-state index is 0.190. The van der Waals surface area contributed by atoms with E-state index in [-0.39, 0.29) is 17.9 Å². The Balaban J connectivity index is 2.08. The summed E-state index contributed by atoms with van der Waals surface area (Å²) in [7, 11) is 0. The van der Waals surface area contributed by atoms with Crippen LogP contribution in [0.4, 0.5) is 4.39 Å². The predicted octanol–water partition coefficient (Wildman–Crippen LogP) is 4.55. The Morgan fingerprint density at radius 1 is 0.895 bits per heavy atom. The highest BCUT2D eigenvalue weighted by Crippen LogP contribution is 2.21. The maximum absolute atomic E-state index is 12.9. The summed E-state index contributed by atoms with van der Waals surface area (Å²) in [5.41, 5.74) is 3.69. The summed E-state index contributed by atoms with van der Waals surface area (Å²) in [6.07, 6.45) is 0. The highest BCUT2D eigenvalue weighted by Gasteiger charge is 2.12. The summed E-state index contributed by atoms with van der Waals surface area (Å²) in [6.45, 7) is 6.38. The van der Waals surface area contributed by atoms with E-state index >= 15 is 0 Å². The number of benzene rings is 2. The van der Waals surface area contributed by atoms with Gasteiger partial charge in [0.05, 0.1) is 0 Å². The molecule has 0 saturated carbocycles. The van der Waals surface area contributed by atoms with Crippen LogP contribution in [0.1, 0.15) is 42.6 Å². The summed E-state index contributed by atoms with van der Waals surface area (Å²) >= 11 is 0. The van der Waals surface area contributed by atoms with Crippen LogP contribution >= 0.6 is 0 Å². The van der Waals surface area contributed by atoms with Crippen LogP contribution < -0.4 is 5.32 Å². The van der Waals surface area contributed by atoms with Gasteiger partial charge in [0.1, 0.15) is 5.82 Å². The van der Waals surface area contributed by atoms with E-state index in [1.54, 1.807) is 0 Å². The molecule has 2 rings (SSSR count). The summed E-state index contributed by atoms with van der Waals surface area (Å²) in [5, 5.41) is 3.55. The number of hydrogen-bond donors (Lipinski definition) is 1. The van der Waals surface area contributed by atoms with Crippen LogP contribution in [-0.4, -0.2) is 0 Å². The smallest absolute Gasteiger partial charge is 0.123 e. The standard InChI is InChI=1S/C17H20FN/c1-12-6-4-5-7-17(12)14(3)19-13(2)15-8-10-16(18)11-9-15/h4-11,13-14,19H,1-3H3/t13?,14-/m1/s1. The van der Waals surface area contributed by atoms with Gasteiger partial charge in [-0.2, -0.15) is 0 Å². The Morgan fingerprint density at radius 2 is 1.53 bits per heavy atom. The second-order valence-corrected chi connectivity index (χ2v) is 5.02. The lowest BCUT2D eigenvalue weighted by molar-refractivity contribution is 0.492. The Hall–Kier alpha value is -1.67. The molecule has 2 atom stereocenters. The third-order valence-corrected chi connectivity index (χ3v) is 3.52. The van der Waals surface area contributed by atoms with Crippen LogP contribution in [-0.2, 0) is 0 Å². The lowest BCUT2D eigenvalue weighted by Crippen LogP contribution is -2.23. The molecule has 19 heavy (non-hydrogen) atoms. The van der Waals surface area contributed by atoms with Gasteiger partial charge in [0.25, 0.3) is 0 Å². The molecule has 0 radical (unpaired) electrons. The average molecular weight is 257 g/mol. The number of rotatable bonds is 4. The first-order chi connectivity index (χ1) is 9.08. The van der Waals surface area contributed by atoms with Crippen LogP contribution in [0.5, 0.6) is 0 Å². The van der Waals surface area contributed by atoms with Crippen molar-refractivity contribution in [2.24, 2.45) is 0 Å². The summed E-state index contributed by atoms with van der Waals surface area (Å²) < 4.78 is 12.9. The van der Waals surface area contributed by atoms with Gasteiger partial charge in [0.15, 0.2) is 0 Å². The van der Waals surface area contributed by atoms with E-state index in [9.17, 15) is 4.39 Å². The van der Waals surface area contributed by atoms with Crippen molar-refractivity contribution in [2.45, 2.75) is 32.9 Å². The van der Waals surface area contributed by atoms with Crippen molar-refractivity contribution in [3.63, 3.8) is 0 Å². The van der Waals surface area contributed by atoms with Crippen molar-refractivity contribution in [3.8, 4) is 0 Å². The lowest BCUT2D eigenvalue weighted by atomic mass is 10.0. The van der Waals surface area contributed by atoms with E-state index < -0.39 is 0 Å². The molecule has 2 aromatic rings. The first kappa shape index (κ1) is 13.8. The molecule has 100 valence electrons. The molecule has 0 aliphatic rings. The third kappa shape index (κ3) is 3.42. The molecule has 0 aliphatic heterocycles. The van der Waals surface area contributed by atoms with Crippen molar-refractivity contribution < 1.29 is 4.39 Å². The maximum Gasteiger partial charge on any atom is 0.123 e. The summed E-state index contributed by atoms with van der Waals surface area (Å²) in [4.78, 5) is 0. The second kappa shape index (κ2) is 5.98. The van der Waals surface area contributed by atoms with E-state index in [1.165, 1.54) is 23.3 Å². The fraction of sp³-hybridized carbons (Fsp3) is 0.294. The van der Waals surface area contributed by atoms with Gasteiger partial charge < -0.3 is 5.32 Å². The van der Waals surface area contributed by atoms with Crippen LogP contribution in [0, 0.1) is 12.7 Å². The van der Waals surface area contributed by atoms with Crippen LogP contribution in [0.3, 0.4) is 0 Å². The molecule has 0 bridgehead atoms. The van der Waals surface area contributed by atoms with E-state index in [2.05, 4.69) is 50.4 Å². The summed E-state index contributed by atoms with van der Waals surface area (Å²) in [6, 6.07) is 15.5. The Morgan fingerprint density at radius 3 is 2.16 bits per heavy atom. The van der Waals surface area contributed by atoms with E-state index in [0.29, 0.717) is 0 Å². The van der Waals surface area contributed by atoms with Crippen molar-refractivity contribution in [1.82, 2.24) is 5.32 Å². The van der Waals surface area contributed by atoms with Gasteiger partial charge in [-0.3, -0.25) is 0 Å². The average Bonchev–Trinajstić information content (AvgIpc) is 2.39. The first-order valence-corrected chi connectivity index (χ1v) is 6.65. The van der Waals surface area contributed by atoms with Gasteiger partial charge in [-0.25, -0.2) is 4.39 Å². The molecule has 0 amide bonds. The lowest BCUT2D eigenvalue weighted by Gasteiger charge is -2.22. The molecule has 0 saturated heterocycles. The molecule has 1 unspecified atom stereocenters. The highest BCUT2D eigenvalue weighted by molar-refractivity contribution is 5.29. The molecule has 1 N–H and O–H groups in total. The normalized spacial score (nSPS) is 14.1. The van der Waals surface area contributed by atoms with Gasteiger partial charge >= 0.3 is 0 Å². The topological polar surface area (TPSA) is 12.0 Å².